The molecule has 5 nitrogen and oxygen atoms in total. The zero-order valence-electron chi connectivity index (χ0n) is 16.6. The lowest BCUT2D eigenvalue weighted by Crippen LogP contribution is -2.27. The van der Waals surface area contributed by atoms with E-state index < -0.39 is 10.0 Å². The molecule has 0 aliphatic rings. The lowest BCUT2D eigenvalue weighted by molar-refractivity contribution is 0.0940. The highest BCUT2D eigenvalue weighted by Crippen LogP contribution is 2.19. The van der Waals surface area contributed by atoms with E-state index in [-0.39, 0.29) is 16.8 Å². The fraction of sp³-hybridized carbons (Fsp3) is 0.174. The predicted octanol–water partition coefficient (Wildman–Crippen LogP) is 4.60. The number of anilines is 1. The highest BCUT2D eigenvalue weighted by atomic mass is 32.2. The Morgan fingerprint density at radius 1 is 0.862 bits per heavy atom. The fourth-order valence-corrected chi connectivity index (χ4v) is 4.11. The van der Waals surface area contributed by atoms with Crippen molar-refractivity contribution in [1.82, 2.24) is 5.32 Å². The lowest BCUT2D eigenvalue weighted by atomic mass is 10.0. The molecule has 6 heteroatoms. The van der Waals surface area contributed by atoms with Crippen molar-refractivity contribution in [3.05, 3.63) is 95.1 Å². The van der Waals surface area contributed by atoms with Gasteiger partial charge in [-0.1, -0.05) is 42.0 Å². The van der Waals surface area contributed by atoms with E-state index in [2.05, 4.69) is 10.0 Å². The number of aryl methyl sites for hydroxylation is 2. The minimum absolute atomic E-state index is 0.136. The second kappa shape index (κ2) is 8.49. The van der Waals surface area contributed by atoms with Gasteiger partial charge in [0.05, 0.1) is 10.9 Å². The molecule has 0 aliphatic heterocycles. The molecule has 29 heavy (non-hydrogen) atoms. The first-order chi connectivity index (χ1) is 13.8. The molecule has 0 saturated carbocycles. The van der Waals surface area contributed by atoms with Crippen LogP contribution in [-0.2, 0) is 10.0 Å². The Labute approximate surface area is 171 Å². The minimum atomic E-state index is -3.67. The van der Waals surface area contributed by atoms with Gasteiger partial charge in [0.25, 0.3) is 15.9 Å². The molecular formula is C23H24N2O3S. The zero-order valence-corrected chi connectivity index (χ0v) is 17.5. The van der Waals surface area contributed by atoms with E-state index in [0.29, 0.717) is 11.3 Å². The Kier molecular flexibility index (Phi) is 6.03. The van der Waals surface area contributed by atoms with Crippen molar-refractivity contribution in [2.24, 2.45) is 0 Å². The maximum absolute atomic E-state index is 12.5. The Morgan fingerprint density at radius 2 is 1.48 bits per heavy atom. The van der Waals surface area contributed by atoms with Crippen molar-refractivity contribution in [1.29, 1.82) is 0 Å². The van der Waals surface area contributed by atoms with Crippen LogP contribution in [0, 0.1) is 13.8 Å². The van der Waals surface area contributed by atoms with Crippen molar-refractivity contribution >= 4 is 21.6 Å². The van der Waals surface area contributed by atoms with Crippen molar-refractivity contribution in [3.8, 4) is 0 Å². The molecule has 150 valence electrons. The average molecular weight is 409 g/mol. The summed E-state index contributed by atoms with van der Waals surface area (Å²) in [7, 11) is -3.67. The number of carbonyl (C=O) groups is 1. The minimum Gasteiger partial charge on any atom is -0.346 e. The van der Waals surface area contributed by atoms with Crippen LogP contribution in [0.5, 0.6) is 0 Å². The van der Waals surface area contributed by atoms with Crippen molar-refractivity contribution in [2.75, 3.05) is 4.72 Å². The van der Waals surface area contributed by atoms with Crippen LogP contribution >= 0.6 is 0 Å². The van der Waals surface area contributed by atoms with E-state index in [1.807, 2.05) is 45.0 Å². The summed E-state index contributed by atoms with van der Waals surface area (Å²) in [5, 5.41) is 2.97. The van der Waals surface area contributed by atoms with Gasteiger partial charge in [-0.25, -0.2) is 8.42 Å². The van der Waals surface area contributed by atoms with Gasteiger partial charge >= 0.3 is 0 Å². The molecule has 1 atom stereocenters. The summed E-state index contributed by atoms with van der Waals surface area (Å²) >= 11 is 0. The standard InChI is InChI=1S/C23H24N2O3S/c1-16-8-14-21(15-9-16)29(27,28)25-20-12-10-19(11-13-20)23(26)24-18(3)22-7-5-4-6-17(22)2/h4-15,18,25H,1-3H3,(H,24,26)/t18-/m1/s1. The van der Waals surface area contributed by atoms with E-state index in [1.165, 1.54) is 0 Å². The second-order valence-corrected chi connectivity index (χ2v) is 8.73. The molecule has 0 fully saturated rings. The van der Waals surface area contributed by atoms with Crippen molar-refractivity contribution < 1.29 is 13.2 Å². The SMILES string of the molecule is Cc1ccc(S(=O)(=O)Nc2ccc(C(=O)N[C@H](C)c3ccccc3C)cc2)cc1. The molecule has 0 bridgehead atoms. The molecule has 1 amide bonds. The number of benzene rings is 3. The second-order valence-electron chi connectivity index (χ2n) is 7.05. The van der Waals surface area contributed by atoms with E-state index in [9.17, 15) is 13.2 Å². The monoisotopic (exact) mass is 408 g/mol. The summed E-state index contributed by atoms with van der Waals surface area (Å²) in [6.07, 6.45) is 0. The quantitative estimate of drug-likeness (QED) is 0.626. The first-order valence-electron chi connectivity index (χ1n) is 9.32. The summed E-state index contributed by atoms with van der Waals surface area (Å²) in [6, 6.07) is 20.8. The molecule has 0 radical (unpaired) electrons. The van der Waals surface area contributed by atoms with E-state index in [4.69, 9.17) is 0 Å². The van der Waals surface area contributed by atoms with Gasteiger partial charge in [0.1, 0.15) is 0 Å². The molecule has 0 aliphatic carbocycles. The van der Waals surface area contributed by atoms with Gasteiger partial charge in [-0.05, 0) is 68.3 Å². The summed E-state index contributed by atoms with van der Waals surface area (Å²) in [5.41, 5.74) is 4.02. The summed E-state index contributed by atoms with van der Waals surface area (Å²) < 4.78 is 27.5. The molecule has 0 heterocycles. The molecule has 0 aromatic heterocycles. The Hall–Kier alpha value is -3.12. The molecule has 0 saturated heterocycles. The van der Waals surface area contributed by atoms with E-state index >= 15 is 0 Å². The third-order valence-corrected chi connectivity index (χ3v) is 6.13. The van der Waals surface area contributed by atoms with Crippen LogP contribution < -0.4 is 10.0 Å². The van der Waals surface area contributed by atoms with Gasteiger partial charge in [-0.3, -0.25) is 9.52 Å². The van der Waals surface area contributed by atoms with E-state index in [1.54, 1.807) is 48.5 Å². The number of sulfonamides is 1. The fourth-order valence-electron chi connectivity index (χ4n) is 3.05. The highest BCUT2D eigenvalue weighted by molar-refractivity contribution is 7.92. The molecule has 3 rings (SSSR count). The first-order valence-corrected chi connectivity index (χ1v) is 10.8. The summed E-state index contributed by atoms with van der Waals surface area (Å²) in [4.78, 5) is 12.7. The van der Waals surface area contributed by atoms with Crippen LogP contribution in [0.1, 0.15) is 40.0 Å². The maximum atomic E-state index is 12.5. The molecule has 3 aromatic rings. The lowest BCUT2D eigenvalue weighted by Gasteiger charge is -2.17. The Bertz CT molecular complexity index is 1110. The number of nitrogens with one attached hydrogen (secondary N) is 2. The summed E-state index contributed by atoms with van der Waals surface area (Å²) in [5.74, 6) is -0.214. The van der Waals surface area contributed by atoms with Crippen LogP contribution in [-0.4, -0.2) is 14.3 Å². The van der Waals surface area contributed by atoms with Crippen LogP contribution in [0.25, 0.3) is 0 Å². The third kappa shape index (κ3) is 5.03. The Balaban J connectivity index is 1.69. The van der Waals surface area contributed by atoms with Gasteiger partial charge in [0.2, 0.25) is 0 Å². The largest absolute Gasteiger partial charge is 0.346 e. The number of amides is 1. The smallest absolute Gasteiger partial charge is 0.261 e. The molecule has 3 aromatic carbocycles. The Morgan fingerprint density at radius 3 is 2.10 bits per heavy atom. The first kappa shape index (κ1) is 20.6. The van der Waals surface area contributed by atoms with Gasteiger partial charge < -0.3 is 5.32 Å². The topological polar surface area (TPSA) is 75.3 Å². The maximum Gasteiger partial charge on any atom is 0.261 e. The van der Waals surface area contributed by atoms with Crippen LogP contribution in [0.4, 0.5) is 5.69 Å². The number of hydrogen-bond acceptors (Lipinski definition) is 3. The van der Waals surface area contributed by atoms with Gasteiger partial charge in [-0.2, -0.15) is 0 Å². The third-order valence-electron chi connectivity index (χ3n) is 4.73. The van der Waals surface area contributed by atoms with Gasteiger partial charge in [0.15, 0.2) is 0 Å². The van der Waals surface area contributed by atoms with Crippen molar-refractivity contribution in [3.63, 3.8) is 0 Å². The molecule has 0 unspecified atom stereocenters. The average Bonchev–Trinajstić information content (AvgIpc) is 2.68. The number of carbonyl (C=O) groups excluding carboxylic acids is 1. The molecule has 0 spiro atoms. The van der Waals surface area contributed by atoms with Crippen LogP contribution in [0.2, 0.25) is 0 Å². The summed E-state index contributed by atoms with van der Waals surface area (Å²) in [6.45, 7) is 5.84. The normalized spacial score (nSPS) is 12.2. The van der Waals surface area contributed by atoms with Gasteiger partial charge in [-0.15, -0.1) is 0 Å². The van der Waals surface area contributed by atoms with E-state index in [0.717, 1.165) is 16.7 Å². The van der Waals surface area contributed by atoms with Crippen LogP contribution in [0.15, 0.2) is 77.7 Å². The van der Waals surface area contributed by atoms with Crippen LogP contribution in [0.3, 0.4) is 0 Å². The highest BCUT2D eigenvalue weighted by Gasteiger charge is 2.15. The van der Waals surface area contributed by atoms with Crippen molar-refractivity contribution in [2.45, 2.75) is 31.7 Å². The molecule has 2 N–H and O–H groups in total. The van der Waals surface area contributed by atoms with Gasteiger partial charge in [0, 0.05) is 11.3 Å². The zero-order chi connectivity index (χ0) is 21.0. The predicted molar refractivity (Wildman–Crippen MR) is 115 cm³/mol. The number of rotatable bonds is 6. The molecular weight excluding hydrogens is 384 g/mol. The number of hydrogen-bond donors (Lipinski definition) is 2.